The lowest BCUT2D eigenvalue weighted by molar-refractivity contribution is -0.143. The fourth-order valence-corrected chi connectivity index (χ4v) is 1.51. The highest BCUT2D eigenvalue weighted by molar-refractivity contribution is 5.71. The third kappa shape index (κ3) is 6.45. The number of carboxylic acids is 1. The maximum absolute atomic E-state index is 10.6. The monoisotopic (exact) mass is 266 g/mol. The van der Waals surface area contributed by atoms with Gasteiger partial charge in [0, 0.05) is 12.8 Å². The molecule has 1 aliphatic heterocycles. The summed E-state index contributed by atoms with van der Waals surface area (Å²) in [5, 5.41) is 8.20. The second-order valence-electron chi connectivity index (χ2n) is 3.99. The lowest BCUT2D eigenvalue weighted by Crippen LogP contribution is -2.04. The van der Waals surface area contributed by atoms with E-state index in [4.69, 9.17) is 9.84 Å². The third-order valence-corrected chi connectivity index (χ3v) is 2.38. The minimum absolute atomic E-state index is 0.0266. The van der Waals surface area contributed by atoms with E-state index in [1.807, 2.05) is 12.1 Å². The number of aliphatic carboxylic acids is 1. The van der Waals surface area contributed by atoms with Crippen molar-refractivity contribution >= 4 is 11.9 Å². The molecule has 0 radical (unpaired) electrons. The van der Waals surface area contributed by atoms with E-state index in [0.29, 0.717) is 13.0 Å². The first-order valence-corrected chi connectivity index (χ1v) is 6.21. The lowest BCUT2D eigenvalue weighted by Gasteiger charge is -1.98. The van der Waals surface area contributed by atoms with Crippen LogP contribution in [0.3, 0.4) is 0 Å². The molecule has 0 amide bonds. The first kappa shape index (κ1) is 15.0. The van der Waals surface area contributed by atoms with E-state index in [0.717, 1.165) is 12.4 Å². The smallest absolute Gasteiger partial charge is 0.305 e. The number of hydrogen-bond donors (Lipinski definition) is 1. The van der Waals surface area contributed by atoms with Crippen molar-refractivity contribution in [3.8, 4) is 5.75 Å². The van der Waals surface area contributed by atoms with Gasteiger partial charge < -0.3 is 14.6 Å². The molecule has 0 saturated carbocycles. The van der Waals surface area contributed by atoms with Crippen LogP contribution in [0, 0.1) is 0 Å². The zero-order valence-corrected chi connectivity index (χ0v) is 10.9. The van der Waals surface area contributed by atoms with Crippen LogP contribution < -0.4 is 4.74 Å². The molecule has 1 heterocycles. The normalized spacial score (nSPS) is 11.0. The molecule has 0 spiro atoms. The van der Waals surface area contributed by atoms with Gasteiger partial charge in [0.15, 0.2) is 0 Å². The summed E-state index contributed by atoms with van der Waals surface area (Å²) in [7, 11) is 0. The van der Waals surface area contributed by atoms with Crippen LogP contribution >= 0.6 is 0 Å². The molecule has 5 heteroatoms. The summed E-state index contributed by atoms with van der Waals surface area (Å²) in [6.45, 7) is 2.84. The van der Waals surface area contributed by atoms with Crippen LogP contribution in [0.1, 0.15) is 31.7 Å². The van der Waals surface area contributed by atoms with E-state index >= 15 is 0 Å². The summed E-state index contributed by atoms with van der Waals surface area (Å²) >= 11 is 0. The number of fused-ring (bicyclic) bond motifs is 2. The van der Waals surface area contributed by atoms with E-state index in [1.165, 1.54) is 5.56 Å². The van der Waals surface area contributed by atoms with Crippen molar-refractivity contribution in [3.63, 3.8) is 0 Å². The molecule has 104 valence electrons. The molecular formula is C14H18O5. The number of carbonyl (C=O) groups is 2. The molecule has 1 aromatic rings. The number of carbonyl (C=O) groups excluding carboxylic acids is 1. The Hall–Kier alpha value is -2.04. The topological polar surface area (TPSA) is 72.8 Å². The molecule has 19 heavy (non-hydrogen) atoms. The Morgan fingerprint density at radius 1 is 1.37 bits per heavy atom. The van der Waals surface area contributed by atoms with Gasteiger partial charge in [-0.05, 0) is 31.0 Å². The van der Waals surface area contributed by atoms with Gasteiger partial charge in [-0.25, -0.2) is 0 Å². The van der Waals surface area contributed by atoms with E-state index < -0.39 is 5.97 Å². The Morgan fingerprint density at radius 3 is 2.74 bits per heavy atom. The number of carboxylic acid groups (broad SMARTS) is 1. The highest BCUT2D eigenvalue weighted by Gasteiger charge is 2.03. The Morgan fingerprint density at radius 2 is 2.16 bits per heavy atom. The summed E-state index contributed by atoms with van der Waals surface area (Å²) in [6, 6.07) is 8.10. The summed E-state index contributed by atoms with van der Waals surface area (Å²) in [5.74, 6) is -0.203. The quantitative estimate of drug-likeness (QED) is 0.828. The van der Waals surface area contributed by atoms with Gasteiger partial charge >= 0.3 is 11.9 Å². The number of ether oxygens (including phenoxy) is 2. The van der Waals surface area contributed by atoms with Gasteiger partial charge in [-0.15, -0.1) is 0 Å². The zero-order chi connectivity index (χ0) is 14.1. The molecule has 0 aliphatic carbocycles. The van der Waals surface area contributed by atoms with Crippen LogP contribution in [0.15, 0.2) is 24.3 Å². The standard InChI is InChI=1S/C7H12O4.C7H6O/c1-2-11-7(10)5-3-4-6(8)9;1-2-6-4-7(3-1)8-5-6/h2-5H2,1H3,(H,8,9);1-4H,5H2. The highest BCUT2D eigenvalue weighted by atomic mass is 16.5. The van der Waals surface area contributed by atoms with Gasteiger partial charge in [0.2, 0.25) is 0 Å². The van der Waals surface area contributed by atoms with Crippen molar-refractivity contribution in [2.75, 3.05) is 6.61 Å². The number of hydrogen-bond acceptors (Lipinski definition) is 4. The fourth-order valence-electron chi connectivity index (χ4n) is 1.51. The molecule has 0 aromatic heterocycles. The molecule has 0 saturated heterocycles. The van der Waals surface area contributed by atoms with Gasteiger partial charge in [-0.2, -0.15) is 0 Å². The molecule has 1 N–H and O–H groups in total. The minimum Gasteiger partial charge on any atom is -0.489 e. The molecule has 0 fully saturated rings. The molecule has 1 aliphatic rings. The molecular weight excluding hydrogens is 248 g/mol. The first-order valence-electron chi connectivity index (χ1n) is 6.21. The summed E-state index contributed by atoms with van der Waals surface area (Å²) in [6.07, 6.45) is 0.577. The molecule has 2 bridgehead atoms. The fraction of sp³-hybridized carbons (Fsp3) is 0.429. The van der Waals surface area contributed by atoms with E-state index in [1.54, 1.807) is 6.92 Å². The van der Waals surface area contributed by atoms with Crippen LogP contribution in [-0.4, -0.2) is 23.7 Å². The second-order valence-corrected chi connectivity index (χ2v) is 3.99. The lowest BCUT2D eigenvalue weighted by atomic mass is 10.2. The van der Waals surface area contributed by atoms with E-state index in [9.17, 15) is 9.59 Å². The summed E-state index contributed by atoms with van der Waals surface area (Å²) in [5.41, 5.74) is 1.28. The second kappa shape index (κ2) is 8.13. The van der Waals surface area contributed by atoms with Gasteiger partial charge in [-0.3, -0.25) is 9.59 Å². The molecule has 0 unspecified atom stereocenters. The Balaban J connectivity index is 0.000000196. The van der Waals surface area contributed by atoms with Crippen LogP contribution in [-0.2, 0) is 20.9 Å². The van der Waals surface area contributed by atoms with Crippen molar-refractivity contribution in [1.82, 2.24) is 0 Å². The average Bonchev–Trinajstić information content (AvgIpc) is 2.69. The zero-order valence-electron chi connectivity index (χ0n) is 10.9. The Kier molecular flexibility index (Phi) is 6.43. The van der Waals surface area contributed by atoms with Crippen LogP contribution in [0.5, 0.6) is 5.75 Å². The predicted molar refractivity (Wildman–Crippen MR) is 68.9 cm³/mol. The third-order valence-electron chi connectivity index (χ3n) is 2.38. The van der Waals surface area contributed by atoms with Crippen molar-refractivity contribution < 1.29 is 24.2 Å². The van der Waals surface area contributed by atoms with Crippen molar-refractivity contribution in [2.45, 2.75) is 32.8 Å². The van der Waals surface area contributed by atoms with Gasteiger partial charge in [0.05, 0.1) is 6.61 Å². The maximum atomic E-state index is 10.6. The Bertz CT molecular complexity index is 408. The SMILES string of the molecule is CCOC(=O)CCCC(=O)O.c1cc2cc(c1)OC2. The van der Waals surface area contributed by atoms with Gasteiger partial charge in [0.25, 0.3) is 0 Å². The van der Waals surface area contributed by atoms with Gasteiger partial charge in [0.1, 0.15) is 12.4 Å². The molecule has 1 aromatic carbocycles. The van der Waals surface area contributed by atoms with Crippen LogP contribution in [0.2, 0.25) is 0 Å². The molecule has 0 atom stereocenters. The Labute approximate surface area is 112 Å². The van der Waals surface area contributed by atoms with Crippen molar-refractivity contribution in [1.29, 1.82) is 0 Å². The van der Waals surface area contributed by atoms with Gasteiger partial charge in [-0.1, -0.05) is 12.1 Å². The first-order chi connectivity index (χ1) is 9.11. The predicted octanol–water partition coefficient (Wildman–Crippen LogP) is 2.38. The van der Waals surface area contributed by atoms with E-state index in [2.05, 4.69) is 16.9 Å². The van der Waals surface area contributed by atoms with E-state index in [-0.39, 0.29) is 18.8 Å². The number of esters is 1. The largest absolute Gasteiger partial charge is 0.489 e. The van der Waals surface area contributed by atoms with Crippen LogP contribution in [0.25, 0.3) is 0 Å². The minimum atomic E-state index is -0.880. The molecule has 5 nitrogen and oxygen atoms in total. The highest BCUT2D eigenvalue weighted by Crippen LogP contribution is 2.20. The molecule has 2 rings (SSSR count). The average molecular weight is 266 g/mol. The van der Waals surface area contributed by atoms with Crippen LogP contribution in [0.4, 0.5) is 0 Å². The summed E-state index contributed by atoms with van der Waals surface area (Å²) in [4.78, 5) is 20.6. The van der Waals surface area contributed by atoms with Crippen molar-refractivity contribution in [3.05, 3.63) is 29.8 Å². The van der Waals surface area contributed by atoms with Crippen molar-refractivity contribution in [2.24, 2.45) is 0 Å². The number of rotatable bonds is 5. The number of benzene rings is 1. The summed E-state index contributed by atoms with van der Waals surface area (Å²) < 4.78 is 9.77. The maximum Gasteiger partial charge on any atom is 0.305 e.